The van der Waals surface area contributed by atoms with Crippen LogP contribution in [0.3, 0.4) is 0 Å². The molecule has 0 radical (unpaired) electrons. The molecule has 3 aromatic rings. The normalized spacial score (nSPS) is 11.1. The van der Waals surface area contributed by atoms with Crippen LogP contribution >= 0.6 is 11.6 Å². The quantitative estimate of drug-likeness (QED) is 0.301. The molecule has 31 heavy (non-hydrogen) atoms. The van der Waals surface area contributed by atoms with E-state index in [9.17, 15) is 22.4 Å². The highest BCUT2D eigenvalue weighted by molar-refractivity contribution is 7.92. The number of ketones is 1. The van der Waals surface area contributed by atoms with E-state index in [1.165, 1.54) is 62.5 Å². The highest BCUT2D eigenvalue weighted by atomic mass is 35.5. The average Bonchev–Trinajstić information content (AvgIpc) is 2.74. The van der Waals surface area contributed by atoms with Crippen LogP contribution in [0.4, 0.5) is 10.1 Å². The molecule has 0 aliphatic carbocycles. The Kier molecular flexibility index (Phi) is 6.42. The van der Waals surface area contributed by atoms with Gasteiger partial charge in [-0.25, -0.2) is 17.6 Å². The van der Waals surface area contributed by atoms with Gasteiger partial charge < -0.3 is 4.74 Å². The van der Waals surface area contributed by atoms with Gasteiger partial charge in [-0.3, -0.25) is 9.10 Å². The monoisotopic (exact) mass is 461 g/mol. The Morgan fingerprint density at radius 2 is 1.58 bits per heavy atom. The number of carbonyl (C=O) groups is 2. The molecule has 3 rings (SSSR count). The molecule has 0 spiro atoms. The van der Waals surface area contributed by atoms with Crippen molar-refractivity contribution in [2.75, 3.05) is 11.4 Å². The van der Waals surface area contributed by atoms with Gasteiger partial charge in [-0.1, -0.05) is 11.6 Å². The molecule has 0 bridgehead atoms. The van der Waals surface area contributed by atoms with Crippen molar-refractivity contribution in [3.05, 3.63) is 88.7 Å². The number of sulfonamides is 1. The van der Waals surface area contributed by atoms with Crippen LogP contribution in [0.5, 0.6) is 5.75 Å². The number of anilines is 1. The first kappa shape index (κ1) is 22.5. The first-order valence-corrected chi connectivity index (χ1v) is 10.8. The predicted octanol–water partition coefficient (Wildman–Crippen LogP) is 4.73. The van der Waals surface area contributed by atoms with Crippen molar-refractivity contribution in [2.45, 2.75) is 11.8 Å². The lowest BCUT2D eigenvalue weighted by molar-refractivity contribution is 0.0734. The third kappa shape index (κ3) is 4.92. The summed E-state index contributed by atoms with van der Waals surface area (Å²) in [5.41, 5.74) is 0.548. The number of hydrogen-bond acceptors (Lipinski definition) is 5. The van der Waals surface area contributed by atoms with Gasteiger partial charge in [-0.15, -0.1) is 0 Å². The molecule has 0 unspecified atom stereocenters. The molecule has 0 atom stereocenters. The Morgan fingerprint density at radius 3 is 2.16 bits per heavy atom. The summed E-state index contributed by atoms with van der Waals surface area (Å²) < 4.78 is 45.3. The van der Waals surface area contributed by atoms with Crippen molar-refractivity contribution in [2.24, 2.45) is 0 Å². The summed E-state index contributed by atoms with van der Waals surface area (Å²) in [7, 11) is -2.75. The van der Waals surface area contributed by atoms with Crippen molar-refractivity contribution in [3.8, 4) is 5.75 Å². The average molecular weight is 462 g/mol. The van der Waals surface area contributed by atoms with E-state index in [-0.39, 0.29) is 32.7 Å². The molecular weight excluding hydrogens is 445 g/mol. The molecule has 0 aliphatic heterocycles. The minimum absolute atomic E-state index is 0.00809. The zero-order chi connectivity index (χ0) is 22.8. The lowest BCUT2D eigenvalue weighted by Gasteiger charge is -2.20. The fourth-order valence-corrected chi connectivity index (χ4v) is 4.11. The summed E-state index contributed by atoms with van der Waals surface area (Å²) in [6, 6.07) is 14.5. The maximum Gasteiger partial charge on any atom is 0.345 e. The van der Waals surface area contributed by atoms with Gasteiger partial charge in [0.05, 0.1) is 21.2 Å². The Balaban J connectivity index is 1.89. The number of Topliss-reactive ketones (excluding diaryl/α,β-unsaturated/α-hetero) is 1. The molecule has 3 aromatic carbocycles. The van der Waals surface area contributed by atoms with Gasteiger partial charge in [0.25, 0.3) is 10.0 Å². The van der Waals surface area contributed by atoms with Gasteiger partial charge in [0, 0.05) is 12.6 Å². The molecule has 0 fully saturated rings. The van der Waals surface area contributed by atoms with E-state index in [1.807, 2.05) is 0 Å². The number of carbonyl (C=O) groups excluding carboxylic acids is 2. The minimum Gasteiger partial charge on any atom is -0.423 e. The van der Waals surface area contributed by atoms with Gasteiger partial charge in [0.15, 0.2) is 5.78 Å². The summed E-state index contributed by atoms with van der Waals surface area (Å²) in [6.07, 6.45) is 0. The maximum absolute atomic E-state index is 13.1. The largest absolute Gasteiger partial charge is 0.423 e. The summed E-state index contributed by atoms with van der Waals surface area (Å²) >= 11 is 6.09. The van der Waals surface area contributed by atoms with Crippen molar-refractivity contribution in [1.29, 1.82) is 0 Å². The molecule has 0 saturated carbocycles. The number of esters is 1. The molecule has 0 N–H and O–H groups in total. The van der Waals surface area contributed by atoms with E-state index in [0.29, 0.717) is 5.56 Å². The lowest BCUT2D eigenvalue weighted by Crippen LogP contribution is -2.27. The smallest absolute Gasteiger partial charge is 0.345 e. The van der Waals surface area contributed by atoms with Crippen LogP contribution in [0.2, 0.25) is 5.02 Å². The summed E-state index contributed by atoms with van der Waals surface area (Å²) in [5.74, 6) is -1.32. The van der Waals surface area contributed by atoms with Gasteiger partial charge in [-0.2, -0.15) is 0 Å². The number of benzene rings is 3. The lowest BCUT2D eigenvalue weighted by atomic mass is 10.1. The van der Waals surface area contributed by atoms with Crippen LogP contribution in [0, 0.1) is 5.82 Å². The number of ether oxygens (including phenoxy) is 1. The van der Waals surface area contributed by atoms with Crippen LogP contribution in [0.15, 0.2) is 71.6 Å². The van der Waals surface area contributed by atoms with Crippen molar-refractivity contribution in [1.82, 2.24) is 0 Å². The molecule has 6 nitrogen and oxygen atoms in total. The molecule has 9 heteroatoms. The second-order valence-corrected chi connectivity index (χ2v) is 8.94. The Morgan fingerprint density at radius 1 is 0.968 bits per heavy atom. The van der Waals surface area contributed by atoms with Crippen LogP contribution in [0.25, 0.3) is 0 Å². The van der Waals surface area contributed by atoms with E-state index in [4.69, 9.17) is 16.3 Å². The molecule has 160 valence electrons. The van der Waals surface area contributed by atoms with Crippen LogP contribution in [0.1, 0.15) is 27.6 Å². The van der Waals surface area contributed by atoms with E-state index >= 15 is 0 Å². The number of rotatable bonds is 6. The summed E-state index contributed by atoms with van der Waals surface area (Å²) in [5, 5.41) is 0.00809. The molecule has 0 aliphatic rings. The van der Waals surface area contributed by atoms with Gasteiger partial charge >= 0.3 is 5.97 Å². The molecule has 0 heterocycles. The Labute approximate surface area is 183 Å². The topological polar surface area (TPSA) is 80.8 Å². The zero-order valence-corrected chi connectivity index (χ0v) is 18.1. The number of nitrogens with zero attached hydrogens (tertiary/aromatic N) is 1. The SMILES string of the molecule is CC(=O)c1ccc(OC(=O)c2cc(S(=O)(=O)N(C)c3ccc(F)cc3)ccc2Cl)cc1. The first-order chi connectivity index (χ1) is 14.6. The Hall–Kier alpha value is -3.23. The summed E-state index contributed by atoms with van der Waals surface area (Å²) in [4.78, 5) is 23.7. The number of halogens is 2. The number of hydrogen-bond donors (Lipinski definition) is 0. The van der Waals surface area contributed by atoms with Gasteiger partial charge in [0.2, 0.25) is 0 Å². The van der Waals surface area contributed by atoms with Crippen LogP contribution in [-0.4, -0.2) is 27.2 Å². The maximum atomic E-state index is 13.1. The zero-order valence-electron chi connectivity index (χ0n) is 16.5. The third-order valence-electron chi connectivity index (χ3n) is 4.48. The second kappa shape index (κ2) is 8.87. The van der Waals surface area contributed by atoms with Crippen molar-refractivity contribution < 1.29 is 27.1 Å². The Bertz CT molecular complexity index is 1240. The third-order valence-corrected chi connectivity index (χ3v) is 6.59. The fourth-order valence-electron chi connectivity index (χ4n) is 2.69. The summed E-state index contributed by atoms with van der Waals surface area (Å²) in [6.45, 7) is 1.41. The highest BCUT2D eigenvalue weighted by Gasteiger charge is 2.24. The van der Waals surface area contributed by atoms with E-state index < -0.39 is 21.8 Å². The van der Waals surface area contributed by atoms with Gasteiger partial charge in [-0.05, 0) is 73.7 Å². The van der Waals surface area contributed by atoms with E-state index in [0.717, 1.165) is 22.5 Å². The second-order valence-electron chi connectivity index (χ2n) is 6.56. The fraction of sp³-hybridized carbons (Fsp3) is 0.0909. The highest BCUT2D eigenvalue weighted by Crippen LogP contribution is 2.27. The first-order valence-electron chi connectivity index (χ1n) is 8.97. The van der Waals surface area contributed by atoms with Crippen LogP contribution < -0.4 is 9.04 Å². The van der Waals surface area contributed by atoms with E-state index in [2.05, 4.69) is 0 Å². The van der Waals surface area contributed by atoms with Crippen LogP contribution in [-0.2, 0) is 10.0 Å². The van der Waals surface area contributed by atoms with Gasteiger partial charge in [0.1, 0.15) is 11.6 Å². The standard InChI is InChI=1S/C22H17ClFNO5S/c1-14(26)15-3-9-18(10-4-15)30-22(27)20-13-19(11-12-21(20)23)31(28,29)25(2)17-7-5-16(24)6-8-17/h3-13H,1-2H3. The van der Waals surface area contributed by atoms with Crippen molar-refractivity contribution in [3.63, 3.8) is 0 Å². The minimum atomic E-state index is -4.06. The van der Waals surface area contributed by atoms with E-state index in [1.54, 1.807) is 0 Å². The molecule has 0 aromatic heterocycles. The predicted molar refractivity (Wildman–Crippen MR) is 115 cm³/mol. The molecule has 0 amide bonds. The van der Waals surface area contributed by atoms with Crippen molar-refractivity contribution >= 4 is 39.1 Å². The molecular formula is C22H17ClFNO5S. The molecule has 0 saturated heterocycles.